The average Bonchev–Trinajstić information content (AvgIpc) is 3.40. The van der Waals surface area contributed by atoms with Crippen LogP contribution in [0.15, 0.2) is 24.3 Å². The molecule has 1 aromatic rings. The van der Waals surface area contributed by atoms with E-state index in [4.69, 9.17) is 11.6 Å². The van der Waals surface area contributed by atoms with E-state index in [2.05, 4.69) is 5.32 Å². The van der Waals surface area contributed by atoms with E-state index in [1.54, 1.807) is 24.3 Å². The van der Waals surface area contributed by atoms with Crippen LogP contribution >= 0.6 is 11.6 Å². The normalized spacial score (nSPS) is 25.0. The van der Waals surface area contributed by atoms with Crippen LogP contribution in [-0.4, -0.2) is 60.9 Å². The molecule has 5 nitrogen and oxygen atoms in total. The molecule has 1 saturated carbocycles. The molecule has 2 saturated heterocycles. The first kappa shape index (κ1) is 17.8. The number of piperidine rings is 1. The summed E-state index contributed by atoms with van der Waals surface area (Å²) in [5, 5.41) is 4.02. The summed E-state index contributed by atoms with van der Waals surface area (Å²) in [4.78, 5) is 29.5. The largest absolute Gasteiger partial charge is 0.341 e. The van der Waals surface area contributed by atoms with Crippen molar-refractivity contribution in [3.63, 3.8) is 0 Å². The second-order valence-electron chi connectivity index (χ2n) is 7.85. The number of amides is 2. The summed E-state index contributed by atoms with van der Waals surface area (Å²) in [5.74, 6) is 0.549. The smallest absolute Gasteiger partial charge is 0.253 e. The quantitative estimate of drug-likeness (QED) is 0.863. The van der Waals surface area contributed by atoms with E-state index in [9.17, 15) is 9.59 Å². The van der Waals surface area contributed by atoms with E-state index in [0.29, 0.717) is 36.1 Å². The molecule has 1 unspecified atom stereocenters. The van der Waals surface area contributed by atoms with Crippen LogP contribution < -0.4 is 5.32 Å². The molecule has 26 heavy (non-hydrogen) atoms. The SMILES string of the molecule is O=C(c1ccc(Cl)cc1)N1CCCN(C(=O)C2CC23CCNCC3)CC1. The first-order chi connectivity index (χ1) is 12.6. The Bertz CT molecular complexity index is 685. The molecular weight excluding hydrogens is 350 g/mol. The molecule has 1 N–H and O–H groups in total. The predicted molar refractivity (Wildman–Crippen MR) is 101 cm³/mol. The second-order valence-corrected chi connectivity index (χ2v) is 8.28. The molecule has 1 aromatic carbocycles. The minimum atomic E-state index is 0.0252. The lowest BCUT2D eigenvalue weighted by Gasteiger charge is -2.26. The zero-order valence-electron chi connectivity index (χ0n) is 15.0. The van der Waals surface area contributed by atoms with Gasteiger partial charge in [-0.05, 0) is 68.5 Å². The van der Waals surface area contributed by atoms with Gasteiger partial charge in [-0.3, -0.25) is 9.59 Å². The lowest BCUT2D eigenvalue weighted by molar-refractivity contribution is -0.133. The molecular formula is C20H26ClN3O2. The van der Waals surface area contributed by atoms with Gasteiger partial charge in [0.25, 0.3) is 5.91 Å². The van der Waals surface area contributed by atoms with Crippen molar-refractivity contribution in [3.8, 4) is 0 Å². The fourth-order valence-electron chi connectivity index (χ4n) is 4.51. The molecule has 4 rings (SSSR count). The van der Waals surface area contributed by atoms with Crippen molar-refractivity contribution >= 4 is 23.4 Å². The summed E-state index contributed by atoms with van der Waals surface area (Å²) in [6.45, 7) is 4.77. The maximum Gasteiger partial charge on any atom is 0.253 e. The summed E-state index contributed by atoms with van der Waals surface area (Å²) in [7, 11) is 0. The highest BCUT2D eigenvalue weighted by atomic mass is 35.5. The topological polar surface area (TPSA) is 52.7 Å². The van der Waals surface area contributed by atoms with Gasteiger partial charge in [0.15, 0.2) is 0 Å². The highest BCUT2D eigenvalue weighted by Crippen LogP contribution is 2.59. The van der Waals surface area contributed by atoms with E-state index in [1.165, 1.54) is 0 Å². The number of nitrogens with one attached hydrogen (secondary N) is 1. The standard InChI is InChI=1S/C20H26ClN3O2/c21-16-4-2-15(3-5-16)18(25)23-10-1-11-24(13-12-23)19(26)17-14-20(17)6-8-22-9-7-20/h2-5,17,22H,1,6-14H2. The summed E-state index contributed by atoms with van der Waals surface area (Å²) < 4.78 is 0. The fraction of sp³-hybridized carbons (Fsp3) is 0.600. The van der Waals surface area contributed by atoms with Crippen molar-refractivity contribution < 1.29 is 9.59 Å². The molecule has 140 valence electrons. The average molecular weight is 376 g/mol. The highest BCUT2D eigenvalue weighted by Gasteiger charge is 2.58. The Morgan fingerprint density at radius 2 is 1.65 bits per heavy atom. The fourth-order valence-corrected chi connectivity index (χ4v) is 4.64. The minimum absolute atomic E-state index is 0.0252. The Kier molecular flexibility index (Phi) is 4.93. The van der Waals surface area contributed by atoms with Gasteiger partial charge < -0.3 is 15.1 Å². The van der Waals surface area contributed by atoms with Crippen molar-refractivity contribution in [2.24, 2.45) is 11.3 Å². The van der Waals surface area contributed by atoms with Gasteiger partial charge in [-0.25, -0.2) is 0 Å². The van der Waals surface area contributed by atoms with Crippen molar-refractivity contribution in [3.05, 3.63) is 34.9 Å². The summed E-state index contributed by atoms with van der Waals surface area (Å²) in [6, 6.07) is 7.02. The van der Waals surface area contributed by atoms with Crippen molar-refractivity contribution in [1.29, 1.82) is 0 Å². The zero-order chi connectivity index (χ0) is 18.1. The number of hydrogen-bond acceptors (Lipinski definition) is 3. The van der Waals surface area contributed by atoms with Crippen molar-refractivity contribution in [1.82, 2.24) is 15.1 Å². The molecule has 0 bridgehead atoms. The third-order valence-corrected chi connectivity index (χ3v) is 6.53. The van der Waals surface area contributed by atoms with Gasteiger partial charge in [-0.1, -0.05) is 11.6 Å². The van der Waals surface area contributed by atoms with E-state index in [-0.39, 0.29) is 17.2 Å². The molecule has 3 aliphatic rings. The number of nitrogens with zero attached hydrogens (tertiary/aromatic N) is 2. The van der Waals surface area contributed by atoms with E-state index >= 15 is 0 Å². The molecule has 1 atom stereocenters. The van der Waals surface area contributed by atoms with Gasteiger partial charge in [0.05, 0.1) is 0 Å². The molecule has 2 heterocycles. The monoisotopic (exact) mass is 375 g/mol. The number of hydrogen-bond donors (Lipinski definition) is 1. The molecule has 6 heteroatoms. The van der Waals surface area contributed by atoms with Gasteiger partial charge in [-0.15, -0.1) is 0 Å². The zero-order valence-corrected chi connectivity index (χ0v) is 15.8. The third-order valence-electron chi connectivity index (χ3n) is 6.27. The van der Waals surface area contributed by atoms with Crippen LogP contribution in [0.5, 0.6) is 0 Å². The predicted octanol–water partition coefficient (Wildman–Crippen LogP) is 2.40. The first-order valence-corrected chi connectivity index (χ1v) is 10.0. The number of carbonyl (C=O) groups is 2. The Balaban J connectivity index is 1.35. The van der Waals surface area contributed by atoms with Crippen LogP contribution in [0.1, 0.15) is 36.0 Å². The van der Waals surface area contributed by atoms with Crippen LogP contribution in [0, 0.1) is 11.3 Å². The maximum absolute atomic E-state index is 13.0. The van der Waals surface area contributed by atoms with Crippen LogP contribution in [-0.2, 0) is 4.79 Å². The van der Waals surface area contributed by atoms with E-state index in [1.807, 2.05) is 9.80 Å². The highest BCUT2D eigenvalue weighted by molar-refractivity contribution is 6.30. The number of halogens is 1. The number of rotatable bonds is 2. The lowest BCUT2D eigenvalue weighted by Crippen LogP contribution is -2.39. The second kappa shape index (κ2) is 7.20. The molecule has 1 aliphatic carbocycles. The molecule has 2 amide bonds. The van der Waals surface area contributed by atoms with Crippen LogP contribution in [0.25, 0.3) is 0 Å². The van der Waals surface area contributed by atoms with E-state index in [0.717, 1.165) is 45.3 Å². The van der Waals surface area contributed by atoms with Gasteiger partial charge in [-0.2, -0.15) is 0 Å². The summed E-state index contributed by atoms with van der Waals surface area (Å²) >= 11 is 5.91. The first-order valence-electron chi connectivity index (χ1n) is 9.63. The molecule has 0 radical (unpaired) electrons. The van der Waals surface area contributed by atoms with Gasteiger partial charge in [0.1, 0.15) is 0 Å². The van der Waals surface area contributed by atoms with Crippen LogP contribution in [0.4, 0.5) is 0 Å². The van der Waals surface area contributed by atoms with Gasteiger partial charge in [0, 0.05) is 42.7 Å². The molecule has 0 aromatic heterocycles. The molecule has 2 aliphatic heterocycles. The molecule has 3 fully saturated rings. The Labute approximate surface area is 159 Å². The van der Waals surface area contributed by atoms with Gasteiger partial charge in [0.2, 0.25) is 5.91 Å². The number of benzene rings is 1. The van der Waals surface area contributed by atoms with Crippen LogP contribution in [0.2, 0.25) is 5.02 Å². The van der Waals surface area contributed by atoms with Crippen molar-refractivity contribution in [2.45, 2.75) is 25.7 Å². The molecule has 1 spiro atoms. The maximum atomic E-state index is 13.0. The van der Waals surface area contributed by atoms with Crippen LogP contribution in [0.3, 0.4) is 0 Å². The van der Waals surface area contributed by atoms with E-state index < -0.39 is 0 Å². The van der Waals surface area contributed by atoms with Gasteiger partial charge >= 0.3 is 0 Å². The lowest BCUT2D eigenvalue weighted by atomic mass is 9.91. The number of carbonyl (C=O) groups excluding carboxylic acids is 2. The van der Waals surface area contributed by atoms with Crippen molar-refractivity contribution in [2.75, 3.05) is 39.3 Å². The Morgan fingerprint density at radius 1 is 1.00 bits per heavy atom. The Morgan fingerprint density at radius 3 is 2.38 bits per heavy atom. The minimum Gasteiger partial charge on any atom is -0.341 e. The third kappa shape index (κ3) is 3.47. The summed E-state index contributed by atoms with van der Waals surface area (Å²) in [5.41, 5.74) is 0.929. The Hall–Kier alpha value is -1.59. The summed E-state index contributed by atoms with van der Waals surface area (Å²) in [6.07, 6.45) is 4.14.